The summed E-state index contributed by atoms with van der Waals surface area (Å²) in [5.74, 6) is 0.140. The molecule has 0 aliphatic heterocycles. The zero-order valence-corrected chi connectivity index (χ0v) is 11.5. The number of carbonyl (C=O) groups excluding carboxylic acids is 1. The third kappa shape index (κ3) is 4.92. The van der Waals surface area contributed by atoms with Gasteiger partial charge in [0.05, 0.1) is 6.54 Å². The van der Waals surface area contributed by atoms with Crippen molar-refractivity contribution in [1.29, 1.82) is 0 Å². The van der Waals surface area contributed by atoms with E-state index in [1.807, 2.05) is 7.05 Å². The molecule has 1 amide bonds. The zero-order valence-electron chi connectivity index (χ0n) is 11.5. The van der Waals surface area contributed by atoms with Crippen LogP contribution in [0.1, 0.15) is 43.5 Å². The van der Waals surface area contributed by atoms with Crippen molar-refractivity contribution in [2.24, 2.45) is 12.8 Å². The van der Waals surface area contributed by atoms with Crippen LogP contribution < -0.4 is 11.1 Å². The summed E-state index contributed by atoms with van der Waals surface area (Å²) in [4.78, 5) is 11.6. The molecule has 1 aromatic heterocycles. The molecule has 1 aromatic rings. The maximum atomic E-state index is 11.6. The summed E-state index contributed by atoms with van der Waals surface area (Å²) in [7, 11) is 2.02. The number of aromatic nitrogens is 1. The lowest BCUT2D eigenvalue weighted by atomic mass is 10.1. The highest BCUT2D eigenvalue weighted by Gasteiger charge is 2.04. The fraction of sp³-hybridized carbons (Fsp3) is 0.643. The van der Waals surface area contributed by atoms with Crippen LogP contribution in [0.5, 0.6) is 0 Å². The van der Waals surface area contributed by atoms with E-state index in [1.165, 1.54) is 5.69 Å². The Balaban J connectivity index is 2.15. The molecule has 0 aliphatic carbocycles. The molecule has 0 unspecified atom stereocenters. The molecule has 0 aromatic carbocycles. The van der Waals surface area contributed by atoms with Crippen LogP contribution in [0.15, 0.2) is 12.1 Å². The fourth-order valence-corrected chi connectivity index (χ4v) is 1.91. The van der Waals surface area contributed by atoms with Crippen LogP contribution in [0.4, 0.5) is 0 Å². The molecule has 0 saturated carbocycles. The third-order valence-corrected chi connectivity index (χ3v) is 3.30. The predicted octanol–water partition coefficient (Wildman–Crippen LogP) is 1.86. The summed E-state index contributed by atoms with van der Waals surface area (Å²) < 4.78 is 2.10. The maximum absolute atomic E-state index is 11.6. The van der Waals surface area contributed by atoms with E-state index in [9.17, 15) is 4.79 Å². The third-order valence-electron chi connectivity index (χ3n) is 3.30. The van der Waals surface area contributed by atoms with Gasteiger partial charge < -0.3 is 15.6 Å². The number of nitrogens with zero attached hydrogens (tertiary/aromatic N) is 1. The normalized spacial score (nSPS) is 10.6. The number of nitrogens with two attached hydrogens (primary N) is 1. The molecule has 0 fully saturated rings. The van der Waals surface area contributed by atoms with Gasteiger partial charge in [-0.1, -0.05) is 12.8 Å². The molecule has 3 N–H and O–H groups in total. The van der Waals surface area contributed by atoms with E-state index < -0.39 is 0 Å². The Labute approximate surface area is 110 Å². The summed E-state index contributed by atoms with van der Waals surface area (Å²) in [6.07, 6.45) is 4.85. The van der Waals surface area contributed by atoms with E-state index in [-0.39, 0.29) is 5.91 Å². The van der Waals surface area contributed by atoms with Crippen molar-refractivity contribution in [3.63, 3.8) is 0 Å². The van der Waals surface area contributed by atoms with Gasteiger partial charge in [-0.3, -0.25) is 4.79 Å². The van der Waals surface area contributed by atoms with Gasteiger partial charge >= 0.3 is 0 Å². The van der Waals surface area contributed by atoms with Gasteiger partial charge in [-0.05, 0) is 38.4 Å². The molecule has 1 heterocycles. The zero-order chi connectivity index (χ0) is 13.4. The largest absolute Gasteiger partial charge is 0.351 e. The van der Waals surface area contributed by atoms with Gasteiger partial charge in [0.2, 0.25) is 5.91 Å². The lowest BCUT2D eigenvalue weighted by Gasteiger charge is -2.07. The van der Waals surface area contributed by atoms with Crippen LogP contribution in [-0.2, 0) is 18.4 Å². The van der Waals surface area contributed by atoms with Crippen LogP contribution in [-0.4, -0.2) is 17.0 Å². The van der Waals surface area contributed by atoms with Gasteiger partial charge in [0, 0.05) is 24.9 Å². The van der Waals surface area contributed by atoms with Gasteiger partial charge in [-0.15, -0.1) is 0 Å². The Bertz CT molecular complexity index is 371. The number of unbranched alkanes of at least 4 members (excludes halogenated alkanes) is 3. The summed E-state index contributed by atoms with van der Waals surface area (Å²) >= 11 is 0. The van der Waals surface area contributed by atoms with E-state index in [2.05, 4.69) is 28.9 Å². The molecule has 0 spiro atoms. The molecule has 0 atom stereocenters. The van der Waals surface area contributed by atoms with E-state index in [0.29, 0.717) is 13.0 Å². The average molecular weight is 251 g/mol. The second-order valence-electron chi connectivity index (χ2n) is 4.75. The highest BCUT2D eigenvalue weighted by atomic mass is 16.1. The fourth-order valence-electron chi connectivity index (χ4n) is 1.91. The molecule has 1 rings (SSSR count). The van der Waals surface area contributed by atoms with Crippen molar-refractivity contribution in [2.45, 2.75) is 45.6 Å². The first-order chi connectivity index (χ1) is 8.65. The summed E-state index contributed by atoms with van der Waals surface area (Å²) in [6.45, 7) is 3.42. The second-order valence-corrected chi connectivity index (χ2v) is 4.75. The van der Waals surface area contributed by atoms with Crippen molar-refractivity contribution in [2.75, 3.05) is 6.54 Å². The molecular formula is C14H25N3O. The van der Waals surface area contributed by atoms with Crippen molar-refractivity contribution in [1.82, 2.24) is 9.88 Å². The van der Waals surface area contributed by atoms with Crippen molar-refractivity contribution >= 4 is 5.91 Å². The molecule has 18 heavy (non-hydrogen) atoms. The van der Waals surface area contributed by atoms with Crippen LogP contribution in [0.25, 0.3) is 0 Å². The summed E-state index contributed by atoms with van der Waals surface area (Å²) in [5.41, 5.74) is 7.77. The first kappa shape index (κ1) is 14.8. The van der Waals surface area contributed by atoms with E-state index in [0.717, 1.165) is 37.9 Å². The summed E-state index contributed by atoms with van der Waals surface area (Å²) in [6, 6.07) is 4.12. The van der Waals surface area contributed by atoms with Gasteiger partial charge in [0.1, 0.15) is 0 Å². The second kappa shape index (κ2) is 7.93. The number of hydrogen-bond acceptors (Lipinski definition) is 2. The quantitative estimate of drug-likeness (QED) is 0.693. The Morgan fingerprint density at radius 1 is 1.28 bits per heavy atom. The van der Waals surface area contributed by atoms with Crippen LogP contribution in [0.3, 0.4) is 0 Å². The highest BCUT2D eigenvalue weighted by Crippen LogP contribution is 2.06. The number of amides is 1. The van der Waals surface area contributed by atoms with Gasteiger partial charge in [-0.25, -0.2) is 0 Å². The van der Waals surface area contributed by atoms with Gasteiger partial charge in [0.25, 0.3) is 0 Å². The molecule has 0 aliphatic rings. The highest BCUT2D eigenvalue weighted by molar-refractivity contribution is 5.75. The Hall–Kier alpha value is -1.29. The number of nitrogens with one attached hydrogen (secondary N) is 1. The van der Waals surface area contributed by atoms with Crippen molar-refractivity contribution in [3.05, 3.63) is 23.5 Å². The lowest BCUT2D eigenvalue weighted by molar-refractivity contribution is -0.121. The number of hydrogen-bond donors (Lipinski definition) is 2. The predicted molar refractivity (Wildman–Crippen MR) is 74.1 cm³/mol. The molecular weight excluding hydrogens is 226 g/mol. The van der Waals surface area contributed by atoms with E-state index >= 15 is 0 Å². The van der Waals surface area contributed by atoms with E-state index in [4.69, 9.17) is 5.73 Å². The Morgan fingerprint density at radius 3 is 2.61 bits per heavy atom. The first-order valence-electron chi connectivity index (χ1n) is 6.73. The molecule has 102 valence electrons. The maximum Gasteiger partial charge on any atom is 0.220 e. The number of carbonyl (C=O) groups is 1. The van der Waals surface area contributed by atoms with Crippen LogP contribution in [0.2, 0.25) is 0 Å². The number of rotatable bonds is 8. The van der Waals surface area contributed by atoms with Crippen LogP contribution in [0, 0.1) is 6.92 Å². The minimum Gasteiger partial charge on any atom is -0.351 e. The Morgan fingerprint density at radius 2 is 2.00 bits per heavy atom. The SMILES string of the molecule is Cc1ccc(CNC(=O)CCCCCCN)n1C. The molecule has 4 heteroatoms. The van der Waals surface area contributed by atoms with Gasteiger partial charge in [-0.2, -0.15) is 0 Å². The Kier molecular flexibility index (Phi) is 6.50. The molecule has 0 saturated heterocycles. The smallest absolute Gasteiger partial charge is 0.220 e. The van der Waals surface area contributed by atoms with E-state index in [1.54, 1.807) is 0 Å². The minimum absolute atomic E-state index is 0.140. The lowest BCUT2D eigenvalue weighted by Crippen LogP contribution is -2.23. The van der Waals surface area contributed by atoms with Crippen molar-refractivity contribution in [3.8, 4) is 0 Å². The monoisotopic (exact) mass is 251 g/mol. The first-order valence-corrected chi connectivity index (χ1v) is 6.73. The number of aryl methyl sites for hydroxylation is 1. The molecule has 0 bridgehead atoms. The topological polar surface area (TPSA) is 60.1 Å². The standard InChI is InChI=1S/C14H25N3O/c1-12-8-9-13(17(12)2)11-16-14(18)7-5-3-4-6-10-15/h8-9H,3-7,10-11,15H2,1-2H3,(H,16,18). The minimum atomic E-state index is 0.140. The average Bonchev–Trinajstić information content (AvgIpc) is 2.67. The summed E-state index contributed by atoms with van der Waals surface area (Å²) in [5, 5.41) is 2.96. The molecule has 0 radical (unpaired) electrons. The van der Waals surface area contributed by atoms with Crippen LogP contribution >= 0.6 is 0 Å². The van der Waals surface area contributed by atoms with Gasteiger partial charge in [0.15, 0.2) is 0 Å². The van der Waals surface area contributed by atoms with Crippen molar-refractivity contribution < 1.29 is 4.79 Å². The molecule has 4 nitrogen and oxygen atoms in total.